The van der Waals surface area contributed by atoms with Crippen molar-refractivity contribution in [2.24, 2.45) is 0 Å². The highest BCUT2D eigenvalue weighted by molar-refractivity contribution is 6.30. The predicted octanol–water partition coefficient (Wildman–Crippen LogP) is 3.20. The SMILES string of the molecule is Fc1c(Cl)cccc1CN1CCCC1C1CCCN1. The van der Waals surface area contributed by atoms with E-state index in [2.05, 4.69) is 10.2 Å². The van der Waals surface area contributed by atoms with E-state index in [4.69, 9.17) is 11.6 Å². The van der Waals surface area contributed by atoms with Crippen LogP contribution in [0.5, 0.6) is 0 Å². The average Bonchev–Trinajstić information content (AvgIpc) is 3.05. The Hall–Kier alpha value is -0.640. The molecule has 0 aromatic heterocycles. The molecule has 1 aromatic carbocycles. The van der Waals surface area contributed by atoms with Gasteiger partial charge in [0.05, 0.1) is 5.02 Å². The molecule has 2 saturated heterocycles. The number of hydrogen-bond donors (Lipinski definition) is 1. The molecule has 1 aromatic rings. The highest BCUT2D eigenvalue weighted by atomic mass is 35.5. The Morgan fingerprint density at radius 3 is 3.00 bits per heavy atom. The van der Waals surface area contributed by atoms with Gasteiger partial charge >= 0.3 is 0 Å². The standard InChI is InChI=1S/C15H20ClFN2/c16-12-5-1-4-11(15(12)17)10-19-9-3-7-14(19)13-6-2-8-18-13/h1,4-5,13-14,18H,2-3,6-10H2. The van der Waals surface area contributed by atoms with Gasteiger partial charge in [0.25, 0.3) is 0 Å². The number of nitrogens with zero attached hydrogens (tertiary/aromatic N) is 1. The first-order chi connectivity index (χ1) is 9.25. The normalized spacial score (nSPS) is 28.1. The van der Waals surface area contributed by atoms with Crippen LogP contribution in [-0.2, 0) is 6.54 Å². The summed E-state index contributed by atoms with van der Waals surface area (Å²) in [7, 11) is 0. The molecule has 0 saturated carbocycles. The summed E-state index contributed by atoms with van der Waals surface area (Å²) in [6.07, 6.45) is 4.95. The van der Waals surface area contributed by atoms with Crippen LogP contribution in [0.1, 0.15) is 31.2 Å². The zero-order chi connectivity index (χ0) is 13.2. The van der Waals surface area contributed by atoms with Crippen molar-refractivity contribution in [2.75, 3.05) is 13.1 Å². The van der Waals surface area contributed by atoms with Crippen LogP contribution in [0.15, 0.2) is 18.2 Å². The van der Waals surface area contributed by atoms with E-state index in [0.29, 0.717) is 18.6 Å². The first-order valence-corrected chi connectivity index (χ1v) is 7.54. The van der Waals surface area contributed by atoms with Crippen molar-refractivity contribution >= 4 is 11.6 Å². The van der Waals surface area contributed by atoms with Crippen molar-refractivity contribution in [3.05, 3.63) is 34.6 Å². The number of hydrogen-bond acceptors (Lipinski definition) is 2. The van der Waals surface area contributed by atoms with E-state index in [-0.39, 0.29) is 10.8 Å². The second kappa shape index (κ2) is 5.78. The fraction of sp³-hybridized carbons (Fsp3) is 0.600. The Morgan fingerprint density at radius 2 is 2.21 bits per heavy atom. The van der Waals surface area contributed by atoms with Gasteiger partial charge in [-0.15, -0.1) is 0 Å². The van der Waals surface area contributed by atoms with E-state index in [1.54, 1.807) is 6.07 Å². The molecule has 2 heterocycles. The lowest BCUT2D eigenvalue weighted by atomic mass is 10.0. The Bertz CT molecular complexity index is 446. The van der Waals surface area contributed by atoms with Crippen LogP contribution in [0.25, 0.3) is 0 Å². The first kappa shape index (κ1) is 13.3. The van der Waals surface area contributed by atoms with Crippen molar-refractivity contribution in [1.29, 1.82) is 0 Å². The van der Waals surface area contributed by atoms with Gasteiger partial charge in [-0.05, 0) is 44.8 Å². The second-order valence-corrected chi connectivity index (χ2v) is 6.00. The lowest BCUT2D eigenvalue weighted by Gasteiger charge is -2.29. The quantitative estimate of drug-likeness (QED) is 0.916. The molecule has 2 nitrogen and oxygen atoms in total. The smallest absolute Gasteiger partial charge is 0.146 e. The van der Waals surface area contributed by atoms with Gasteiger partial charge in [0.1, 0.15) is 5.82 Å². The van der Waals surface area contributed by atoms with E-state index >= 15 is 0 Å². The molecule has 0 bridgehead atoms. The maximum absolute atomic E-state index is 14.0. The zero-order valence-corrected chi connectivity index (χ0v) is 11.8. The molecule has 19 heavy (non-hydrogen) atoms. The minimum Gasteiger partial charge on any atom is -0.312 e. The molecule has 2 unspecified atom stereocenters. The second-order valence-electron chi connectivity index (χ2n) is 5.60. The number of rotatable bonds is 3. The molecule has 0 spiro atoms. The summed E-state index contributed by atoms with van der Waals surface area (Å²) in [5.74, 6) is -0.255. The Balaban J connectivity index is 1.72. The summed E-state index contributed by atoms with van der Waals surface area (Å²) < 4.78 is 14.0. The van der Waals surface area contributed by atoms with Gasteiger partial charge in [0.2, 0.25) is 0 Å². The lowest BCUT2D eigenvalue weighted by molar-refractivity contribution is 0.204. The topological polar surface area (TPSA) is 15.3 Å². The molecular formula is C15H20ClFN2. The lowest BCUT2D eigenvalue weighted by Crippen LogP contribution is -2.43. The van der Waals surface area contributed by atoms with Crippen molar-refractivity contribution in [3.63, 3.8) is 0 Å². The Labute approximate surface area is 118 Å². The number of nitrogens with one attached hydrogen (secondary N) is 1. The fourth-order valence-corrected chi connectivity index (χ4v) is 3.63. The molecule has 2 atom stereocenters. The zero-order valence-electron chi connectivity index (χ0n) is 11.0. The summed E-state index contributed by atoms with van der Waals surface area (Å²) in [5.41, 5.74) is 0.720. The van der Waals surface area contributed by atoms with Crippen molar-refractivity contribution in [3.8, 4) is 0 Å². The van der Waals surface area contributed by atoms with Crippen LogP contribution in [-0.4, -0.2) is 30.1 Å². The molecule has 2 aliphatic heterocycles. The van der Waals surface area contributed by atoms with Gasteiger partial charge in [-0.3, -0.25) is 4.90 Å². The largest absolute Gasteiger partial charge is 0.312 e. The number of halogens is 2. The van der Waals surface area contributed by atoms with Gasteiger partial charge in [0, 0.05) is 24.2 Å². The molecule has 0 radical (unpaired) electrons. The Kier molecular flexibility index (Phi) is 4.06. The van der Waals surface area contributed by atoms with Crippen molar-refractivity contribution < 1.29 is 4.39 Å². The van der Waals surface area contributed by atoms with Gasteiger partial charge < -0.3 is 5.32 Å². The molecule has 1 N–H and O–H groups in total. The molecule has 2 aliphatic rings. The molecular weight excluding hydrogens is 263 g/mol. The summed E-state index contributed by atoms with van der Waals surface area (Å²) >= 11 is 5.86. The minimum absolute atomic E-state index is 0.229. The van der Waals surface area contributed by atoms with Gasteiger partial charge in [0.15, 0.2) is 0 Å². The Morgan fingerprint density at radius 1 is 1.32 bits per heavy atom. The molecule has 3 rings (SSSR count). The monoisotopic (exact) mass is 282 g/mol. The van der Waals surface area contributed by atoms with Crippen molar-refractivity contribution in [2.45, 2.75) is 44.3 Å². The first-order valence-electron chi connectivity index (χ1n) is 7.16. The van der Waals surface area contributed by atoms with Crippen LogP contribution in [0, 0.1) is 5.82 Å². The van der Waals surface area contributed by atoms with E-state index in [1.807, 2.05) is 12.1 Å². The fourth-order valence-electron chi connectivity index (χ4n) is 3.43. The van der Waals surface area contributed by atoms with Crippen LogP contribution < -0.4 is 5.32 Å². The maximum Gasteiger partial charge on any atom is 0.146 e. The minimum atomic E-state index is -0.255. The van der Waals surface area contributed by atoms with Crippen molar-refractivity contribution in [1.82, 2.24) is 10.2 Å². The predicted molar refractivity (Wildman–Crippen MR) is 75.9 cm³/mol. The van der Waals surface area contributed by atoms with Crippen LogP contribution in [0.3, 0.4) is 0 Å². The number of likely N-dealkylation sites (tertiary alicyclic amines) is 1. The van der Waals surface area contributed by atoms with E-state index < -0.39 is 0 Å². The van der Waals surface area contributed by atoms with Crippen LogP contribution in [0.2, 0.25) is 5.02 Å². The highest BCUT2D eigenvalue weighted by Crippen LogP contribution is 2.28. The van der Waals surface area contributed by atoms with Gasteiger partial charge in [-0.25, -0.2) is 4.39 Å². The third-order valence-corrected chi connectivity index (χ3v) is 4.67. The number of benzene rings is 1. The molecule has 2 fully saturated rings. The highest BCUT2D eigenvalue weighted by Gasteiger charge is 2.33. The molecule has 4 heteroatoms. The van der Waals surface area contributed by atoms with Crippen LogP contribution in [0.4, 0.5) is 4.39 Å². The van der Waals surface area contributed by atoms with E-state index in [1.165, 1.54) is 25.7 Å². The summed E-state index contributed by atoms with van der Waals surface area (Å²) in [4.78, 5) is 2.41. The van der Waals surface area contributed by atoms with Crippen LogP contribution >= 0.6 is 11.6 Å². The third-order valence-electron chi connectivity index (χ3n) is 4.38. The summed E-state index contributed by atoms with van der Waals surface area (Å²) in [6.45, 7) is 2.87. The molecule has 104 valence electrons. The molecule has 0 aliphatic carbocycles. The molecule has 0 amide bonds. The van der Waals surface area contributed by atoms with E-state index in [0.717, 1.165) is 18.7 Å². The third kappa shape index (κ3) is 2.78. The summed E-state index contributed by atoms with van der Waals surface area (Å²) in [6, 6.07) is 6.43. The maximum atomic E-state index is 14.0. The summed E-state index contributed by atoms with van der Waals surface area (Å²) in [5, 5.41) is 3.81. The van der Waals surface area contributed by atoms with Gasteiger partial charge in [-0.2, -0.15) is 0 Å². The average molecular weight is 283 g/mol. The van der Waals surface area contributed by atoms with E-state index in [9.17, 15) is 4.39 Å². The van der Waals surface area contributed by atoms with Gasteiger partial charge in [-0.1, -0.05) is 23.7 Å².